The first kappa shape index (κ1) is 12.6. The van der Waals surface area contributed by atoms with Crippen LogP contribution in [-0.2, 0) is 13.6 Å². The Morgan fingerprint density at radius 1 is 1.39 bits per heavy atom. The highest BCUT2D eigenvalue weighted by molar-refractivity contribution is 5.15. The maximum absolute atomic E-state index is 12.7. The molecule has 7 heteroatoms. The predicted molar refractivity (Wildman–Crippen MR) is 61.9 cm³/mol. The molecule has 2 aromatic rings. The van der Waals surface area contributed by atoms with Gasteiger partial charge in [-0.3, -0.25) is 0 Å². The van der Waals surface area contributed by atoms with Crippen LogP contribution in [0.15, 0.2) is 24.3 Å². The first-order chi connectivity index (χ1) is 8.65. The summed E-state index contributed by atoms with van der Waals surface area (Å²) < 4.78 is 12.7. The number of tetrazole rings is 1. The van der Waals surface area contributed by atoms with Crippen LogP contribution in [0, 0.1) is 5.82 Å². The monoisotopic (exact) mass is 251 g/mol. The van der Waals surface area contributed by atoms with Gasteiger partial charge in [0.15, 0.2) is 0 Å². The highest BCUT2D eigenvalue weighted by Gasteiger charge is 2.12. The quantitative estimate of drug-likeness (QED) is 0.792. The van der Waals surface area contributed by atoms with E-state index in [0.29, 0.717) is 13.1 Å². The summed E-state index contributed by atoms with van der Waals surface area (Å²) in [6.45, 7) is 0.848. The van der Waals surface area contributed by atoms with Crippen molar-refractivity contribution in [3.63, 3.8) is 0 Å². The first-order valence-corrected chi connectivity index (χ1v) is 5.52. The number of hydrogen-bond acceptors (Lipinski definition) is 5. The third-order valence-electron chi connectivity index (χ3n) is 2.40. The summed E-state index contributed by atoms with van der Waals surface area (Å²) in [5.41, 5.74) is 0.940. The maximum Gasteiger partial charge on any atom is 0.204 e. The highest BCUT2D eigenvalue weighted by atomic mass is 19.1. The molecular formula is C11H14FN5O. The minimum atomic E-state index is -0.806. The lowest BCUT2D eigenvalue weighted by Crippen LogP contribution is -2.22. The summed E-state index contributed by atoms with van der Waals surface area (Å²) in [4.78, 5) is 1.29. The van der Waals surface area contributed by atoms with Gasteiger partial charge in [-0.25, -0.2) is 4.39 Å². The number of benzene rings is 1. The van der Waals surface area contributed by atoms with E-state index in [4.69, 9.17) is 0 Å². The molecule has 2 N–H and O–H groups in total. The van der Waals surface area contributed by atoms with Crippen molar-refractivity contribution in [3.8, 4) is 0 Å². The van der Waals surface area contributed by atoms with Gasteiger partial charge < -0.3 is 10.4 Å². The normalized spacial score (nSPS) is 12.6. The molecule has 1 aromatic heterocycles. The van der Waals surface area contributed by atoms with Crippen molar-refractivity contribution in [2.45, 2.75) is 12.6 Å². The third-order valence-corrected chi connectivity index (χ3v) is 2.40. The van der Waals surface area contributed by atoms with Crippen LogP contribution in [0.3, 0.4) is 0 Å². The topological polar surface area (TPSA) is 75.9 Å². The number of aliphatic hydroxyl groups is 1. The number of halogens is 1. The van der Waals surface area contributed by atoms with Crippen molar-refractivity contribution in [1.29, 1.82) is 0 Å². The summed E-state index contributed by atoms with van der Waals surface area (Å²) in [5.74, 6) is 0.0200. The largest absolute Gasteiger partial charge is 0.384 e. The van der Waals surface area contributed by atoms with Gasteiger partial charge in [-0.1, -0.05) is 12.1 Å². The fraction of sp³-hybridized carbons (Fsp3) is 0.364. The van der Waals surface area contributed by atoms with Gasteiger partial charge in [-0.05, 0) is 22.9 Å². The van der Waals surface area contributed by atoms with Crippen LogP contribution in [0.1, 0.15) is 17.5 Å². The van der Waals surface area contributed by atoms with Crippen molar-refractivity contribution in [1.82, 2.24) is 25.5 Å². The van der Waals surface area contributed by atoms with Crippen LogP contribution in [-0.4, -0.2) is 31.9 Å². The van der Waals surface area contributed by atoms with E-state index in [2.05, 4.69) is 20.7 Å². The molecule has 0 saturated carbocycles. The number of aliphatic hydroxyl groups excluding tert-OH is 1. The second-order valence-corrected chi connectivity index (χ2v) is 3.91. The Morgan fingerprint density at radius 3 is 2.72 bits per heavy atom. The summed E-state index contributed by atoms with van der Waals surface area (Å²) >= 11 is 0. The Balaban J connectivity index is 1.80. The Morgan fingerprint density at radius 2 is 2.11 bits per heavy atom. The molecule has 0 fully saturated rings. The van der Waals surface area contributed by atoms with E-state index in [1.807, 2.05) is 0 Å². The molecule has 0 aliphatic heterocycles. The van der Waals surface area contributed by atoms with Crippen molar-refractivity contribution < 1.29 is 9.50 Å². The van der Waals surface area contributed by atoms with Gasteiger partial charge in [-0.2, -0.15) is 4.80 Å². The lowest BCUT2D eigenvalue weighted by molar-refractivity contribution is 0.164. The van der Waals surface area contributed by atoms with Gasteiger partial charge in [0.25, 0.3) is 0 Å². The summed E-state index contributed by atoms with van der Waals surface area (Å²) in [5, 5.41) is 24.1. The molecule has 0 aliphatic rings. The van der Waals surface area contributed by atoms with Crippen LogP contribution in [0.4, 0.5) is 4.39 Å². The van der Waals surface area contributed by atoms with Gasteiger partial charge in [-0.15, -0.1) is 10.2 Å². The fourth-order valence-corrected chi connectivity index (χ4v) is 1.48. The van der Waals surface area contributed by atoms with E-state index in [0.717, 1.165) is 5.56 Å². The van der Waals surface area contributed by atoms with E-state index >= 15 is 0 Å². The molecule has 18 heavy (non-hydrogen) atoms. The minimum Gasteiger partial charge on any atom is -0.384 e. The molecule has 1 aromatic carbocycles. The number of aryl methyl sites for hydroxylation is 1. The van der Waals surface area contributed by atoms with Gasteiger partial charge in [0.1, 0.15) is 11.9 Å². The third kappa shape index (κ3) is 3.31. The van der Waals surface area contributed by atoms with Crippen LogP contribution in [0.2, 0.25) is 0 Å². The zero-order valence-electron chi connectivity index (χ0n) is 9.91. The van der Waals surface area contributed by atoms with Crippen LogP contribution < -0.4 is 5.32 Å². The number of rotatable bonds is 5. The molecule has 0 unspecified atom stereocenters. The maximum atomic E-state index is 12.7. The predicted octanol–water partition coefficient (Wildman–Crippen LogP) is 0.172. The number of nitrogens with one attached hydrogen (secondary N) is 1. The second kappa shape index (κ2) is 5.65. The van der Waals surface area contributed by atoms with Crippen molar-refractivity contribution >= 4 is 0 Å². The summed E-state index contributed by atoms with van der Waals surface area (Å²) in [7, 11) is 1.63. The zero-order chi connectivity index (χ0) is 13.0. The molecule has 0 amide bonds. The number of nitrogens with zero attached hydrogens (tertiary/aromatic N) is 4. The lowest BCUT2D eigenvalue weighted by Gasteiger charge is -2.08. The van der Waals surface area contributed by atoms with Gasteiger partial charge in [0, 0.05) is 13.1 Å². The van der Waals surface area contributed by atoms with Crippen molar-refractivity contribution in [2.24, 2.45) is 7.05 Å². The fourth-order valence-electron chi connectivity index (χ4n) is 1.48. The molecular weight excluding hydrogens is 237 g/mol. The van der Waals surface area contributed by atoms with Crippen molar-refractivity contribution in [3.05, 3.63) is 41.5 Å². The molecule has 0 saturated heterocycles. The highest BCUT2D eigenvalue weighted by Crippen LogP contribution is 2.05. The number of hydrogen-bond donors (Lipinski definition) is 2. The Bertz CT molecular complexity index is 498. The minimum absolute atomic E-state index is 0.262. The van der Waals surface area contributed by atoms with E-state index in [-0.39, 0.29) is 11.6 Å². The molecule has 0 spiro atoms. The second-order valence-electron chi connectivity index (χ2n) is 3.91. The molecule has 1 atom stereocenters. The Kier molecular flexibility index (Phi) is 3.96. The Labute approximate surface area is 103 Å². The number of aromatic nitrogens is 4. The SMILES string of the molecule is Cn1nnc([C@@H](O)CNCc2ccc(F)cc2)n1. The van der Waals surface area contributed by atoms with Gasteiger partial charge >= 0.3 is 0 Å². The zero-order valence-corrected chi connectivity index (χ0v) is 9.91. The van der Waals surface area contributed by atoms with E-state index in [1.165, 1.54) is 16.9 Å². The molecule has 1 heterocycles. The van der Waals surface area contributed by atoms with E-state index in [9.17, 15) is 9.50 Å². The molecule has 96 valence electrons. The molecule has 0 aliphatic carbocycles. The van der Waals surface area contributed by atoms with Crippen LogP contribution in [0.5, 0.6) is 0 Å². The van der Waals surface area contributed by atoms with Gasteiger partial charge in [0.2, 0.25) is 5.82 Å². The standard InChI is InChI=1S/C11H14FN5O/c1-17-15-11(14-16-17)10(18)7-13-6-8-2-4-9(12)5-3-8/h2-5,10,13,18H,6-7H2,1H3/t10-/m0/s1. The van der Waals surface area contributed by atoms with Crippen LogP contribution in [0.25, 0.3) is 0 Å². The smallest absolute Gasteiger partial charge is 0.204 e. The summed E-state index contributed by atoms with van der Waals surface area (Å²) in [6.07, 6.45) is -0.806. The molecule has 6 nitrogen and oxygen atoms in total. The Hall–Kier alpha value is -1.86. The summed E-state index contributed by atoms with van der Waals surface area (Å²) in [6, 6.07) is 6.18. The van der Waals surface area contributed by atoms with E-state index in [1.54, 1.807) is 19.2 Å². The van der Waals surface area contributed by atoms with Crippen molar-refractivity contribution in [2.75, 3.05) is 6.54 Å². The van der Waals surface area contributed by atoms with E-state index < -0.39 is 6.10 Å². The average molecular weight is 251 g/mol. The average Bonchev–Trinajstić information content (AvgIpc) is 2.78. The lowest BCUT2D eigenvalue weighted by atomic mass is 10.2. The molecule has 2 rings (SSSR count). The first-order valence-electron chi connectivity index (χ1n) is 5.52. The van der Waals surface area contributed by atoms with Crippen LogP contribution >= 0.6 is 0 Å². The molecule has 0 radical (unpaired) electrons. The van der Waals surface area contributed by atoms with Gasteiger partial charge in [0.05, 0.1) is 7.05 Å². The molecule has 0 bridgehead atoms.